The van der Waals surface area contributed by atoms with Crippen LogP contribution in [0.3, 0.4) is 0 Å². The molecule has 19 heavy (non-hydrogen) atoms. The van der Waals surface area contributed by atoms with Crippen LogP contribution in [-0.4, -0.2) is 39.1 Å². The van der Waals surface area contributed by atoms with E-state index >= 15 is 0 Å². The molecule has 0 heterocycles. The molecule has 7 nitrogen and oxygen atoms in total. The van der Waals surface area contributed by atoms with E-state index in [0.29, 0.717) is 0 Å². The molecule has 0 N–H and O–H groups in total. The quantitative estimate of drug-likeness (QED) is 0.336. The van der Waals surface area contributed by atoms with Crippen molar-refractivity contribution in [2.45, 2.75) is 4.90 Å². The Balaban J connectivity index is 0.00000324. The molecule has 0 bridgehead atoms. The van der Waals surface area contributed by atoms with Gasteiger partial charge in [-0.3, -0.25) is 0 Å². The summed E-state index contributed by atoms with van der Waals surface area (Å²) in [5.41, 5.74) is -0.584. The molecule has 98 valence electrons. The fourth-order valence-electron chi connectivity index (χ4n) is 1.25. The Hall–Kier alpha value is -0.294. The molecule has 0 saturated heterocycles. The van der Waals surface area contributed by atoms with Gasteiger partial charge in [-0.1, -0.05) is 0 Å². The summed E-state index contributed by atoms with van der Waals surface area (Å²) in [5.74, 6) is -1.81. The van der Waals surface area contributed by atoms with Gasteiger partial charge in [0.15, 0.2) is 0 Å². The van der Waals surface area contributed by atoms with E-state index < -0.39 is 32.5 Å². The van der Waals surface area contributed by atoms with Gasteiger partial charge in [0.2, 0.25) is 0 Å². The van der Waals surface area contributed by atoms with Gasteiger partial charge < -0.3 is 14.0 Å². The van der Waals surface area contributed by atoms with Gasteiger partial charge in [0, 0.05) is 0 Å². The van der Waals surface area contributed by atoms with Crippen LogP contribution in [0.2, 0.25) is 0 Å². The first-order chi connectivity index (χ1) is 8.31. The number of ether oxygens (including phenoxy) is 2. The van der Waals surface area contributed by atoms with Crippen LogP contribution < -0.4 is 51.4 Å². The van der Waals surface area contributed by atoms with Crippen molar-refractivity contribution >= 4 is 22.1 Å². The van der Waals surface area contributed by atoms with Crippen LogP contribution in [0.1, 0.15) is 20.7 Å². The van der Waals surface area contributed by atoms with Crippen molar-refractivity contribution < 1.29 is 83.4 Å². The normalized spacial score (nSPS) is 10.3. The third kappa shape index (κ3) is 4.63. The summed E-state index contributed by atoms with van der Waals surface area (Å²) in [6.45, 7) is 0. The van der Waals surface area contributed by atoms with Crippen LogP contribution in [0.15, 0.2) is 23.1 Å². The molecule has 0 amide bonds. The van der Waals surface area contributed by atoms with Crippen LogP contribution in [0.5, 0.6) is 0 Å². The van der Waals surface area contributed by atoms with E-state index in [9.17, 15) is 22.6 Å². The Kier molecular flexibility index (Phi) is 7.36. The summed E-state index contributed by atoms with van der Waals surface area (Å²) in [6, 6.07) is 2.95. The molecule has 0 aromatic heterocycles. The SMILES string of the molecule is COC(=O)c1ccc(C(=O)OC)c(S(=O)(=O)[O-])c1.[K+]. The third-order valence-electron chi connectivity index (χ3n) is 2.08. The molecular weight excluding hydrogens is 303 g/mol. The monoisotopic (exact) mass is 312 g/mol. The minimum Gasteiger partial charge on any atom is -0.744 e. The molecule has 1 aromatic carbocycles. The van der Waals surface area contributed by atoms with E-state index in [1.54, 1.807) is 0 Å². The van der Waals surface area contributed by atoms with Gasteiger partial charge in [0.25, 0.3) is 0 Å². The zero-order valence-electron chi connectivity index (χ0n) is 10.5. The molecule has 1 aromatic rings. The van der Waals surface area contributed by atoms with E-state index in [-0.39, 0.29) is 56.9 Å². The number of carbonyl (C=O) groups excluding carboxylic acids is 2. The molecule has 1 rings (SSSR count). The molecule has 9 heteroatoms. The predicted molar refractivity (Wildman–Crippen MR) is 57.1 cm³/mol. The van der Waals surface area contributed by atoms with Crippen LogP contribution in [0, 0.1) is 0 Å². The van der Waals surface area contributed by atoms with E-state index in [1.165, 1.54) is 0 Å². The first-order valence-electron chi connectivity index (χ1n) is 4.58. The van der Waals surface area contributed by atoms with Crippen molar-refractivity contribution in [1.29, 1.82) is 0 Å². The molecule has 0 aliphatic heterocycles. The zero-order valence-corrected chi connectivity index (χ0v) is 14.4. The average molecular weight is 312 g/mol. The van der Waals surface area contributed by atoms with E-state index in [4.69, 9.17) is 0 Å². The van der Waals surface area contributed by atoms with E-state index in [2.05, 4.69) is 9.47 Å². The Morgan fingerprint density at radius 2 is 1.63 bits per heavy atom. The van der Waals surface area contributed by atoms with Gasteiger partial charge >= 0.3 is 63.3 Å². The maximum atomic E-state index is 11.3. The van der Waals surface area contributed by atoms with Crippen LogP contribution in [-0.2, 0) is 19.6 Å². The summed E-state index contributed by atoms with van der Waals surface area (Å²) >= 11 is 0. The van der Waals surface area contributed by atoms with E-state index in [0.717, 1.165) is 32.4 Å². The third-order valence-corrected chi connectivity index (χ3v) is 2.95. The molecule has 0 atom stereocenters. The van der Waals surface area contributed by atoms with Crippen LogP contribution in [0.4, 0.5) is 0 Å². The standard InChI is InChI=1S/C10H10O7S.K/c1-16-9(11)6-3-4-7(10(12)17-2)8(5-6)18(13,14)15;/h3-5H,1-2H3,(H,13,14,15);/q;+1/p-1. The number of carbonyl (C=O) groups is 2. The second kappa shape index (κ2) is 7.48. The van der Waals surface area contributed by atoms with Crippen LogP contribution in [0.25, 0.3) is 0 Å². The van der Waals surface area contributed by atoms with Crippen molar-refractivity contribution in [2.24, 2.45) is 0 Å². The van der Waals surface area contributed by atoms with Crippen LogP contribution >= 0.6 is 0 Å². The smallest absolute Gasteiger partial charge is 0.744 e. The van der Waals surface area contributed by atoms with Gasteiger partial charge in [-0.05, 0) is 18.2 Å². The number of hydrogen-bond acceptors (Lipinski definition) is 7. The van der Waals surface area contributed by atoms with Crippen molar-refractivity contribution in [3.05, 3.63) is 29.3 Å². The Morgan fingerprint density at radius 3 is 2.05 bits per heavy atom. The second-order valence-electron chi connectivity index (χ2n) is 3.15. The molecule has 0 aliphatic rings. The summed E-state index contributed by atoms with van der Waals surface area (Å²) in [4.78, 5) is 21.7. The molecule has 0 unspecified atom stereocenters. The van der Waals surface area contributed by atoms with Gasteiger partial charge in [0.1, 0.15) is 10.1 Å². The topological polar surface area (TPSA) is 110 Å². The minimum atomic E-state index is -4.91. The summed E-state index contributed by atoms with van der Waals surface area (Å²) in [5, 5.41) is 0. The van der Waals surface area contributed by atoms with E-state index in [1.807, 2.05) is 0 Å². The molecule has 0 aliphatic carbocycles. The van der Waals surface area contributed by atoms with Gasteiger partial charge in [0.05, 0.1) is 30.2 Å². The summed E-state index contributed by atoms with van der Waals surface area (Å²) in [7, 11) is -2.77. The molecule has 0 fully saturated rings. The molecule has 0 radical (unpaired) electrons. The zero-order chi connectivity index (χ0) is 13.9. The predicted octanol–water partition coefficient (Wildman–Crippen LogP) is -2.83. The fourth-order valence-corrected chi connectivity index (χ4v) is 1.94. The second-order valence-corrected chi connectivity index (χ2v) is 4.50. The number of benzene rings is 1. The van der Waals surface area contributed by atoms with Crippen molar-refractivity contribution in [3.8, 4) is 0 Å². The maximum Gasteiger partial charge on any atom is 1.00 e. The van der Waals surface area contributed by atoms with Crippen molar-refractivity contribution in [1.82, 2.24) is 0 Å². The van der Waals surface area contributed by atoms with Gasteiger partial charge in [-0.25, -0.2) is 18.0 Å². The molecule has 0 spiro atoms. The first kappa shape index (κ1) is 18.7. The first-order valence-corrected chi connectivity index (χ1v) is 5.98. The minimum absolute atomic E-state index is 0. The fraction of sp³-hybridized carbons (Fsp3) is 0.200. The number of hydrogen-bond donors (Lipinski definition) is 0. The maximum absolute atomic E-state index is 11.3. The number of methoxy groups -OCH3 is 2. The van der Waals surface area contributed by atoms with Gasteiger partial charge in [-0.2, -0.15) is 0 Å². The number of esters is 2. The number of rotatable bonds is 3. The molecular formula is C10H9KO7S. The summed E-state index contributed by atoms with van der Waals surface area (Å²) < 4.78 is 41.8. The van der Waals surface area contributed by atoms with Gasteiger partial charge in [-0.15, -0.1) is 0 Å². The summed E-state index contributed by atoms with van der Waals surface area (Å²) in [6.07, 6.45) is 0. The molecule has 0 saturated carbocycles. The Morgan fingerprint density at radius 1 is 1.11 bits per heavy atom. The van der Waals surface area contributed by atoms with Crippen molar-refractivity contribution in [3.63, 3.8) is 0 Å². The largest absolute Gasteiger partial charge is 1.00 e. The average Bonchev–Trinajstić information content (AvgIpc) is 2.35. The van der Waals surface area contributed by atoms with Crippen molar-refractivity contribution in [2.75, 3.05) is 14.2 Å². The Bertz CT molecular complexity index is 594. The Labute approximate surface area is 152 Å².